The van der Waals surface area contributed by atoms with Gasteiger partial charge in [-0.25, -0.2) is 0 Å². The van der Waals surface area contributed by atoms with Crippen LogP contribution in [0.3, 0.4) is 0 Å². The van der Waals surface area contributed by atoms with Crippen LogP contribution in [0.4, 0.5) is 45.5 Å². The van der Waals surface area contributed by atoms with E-state index in [0.29, 0.717) is 0 Å². The number of hydrogen-bond acceptors (Lipinski definition) is 4. The maximum Gasteiger partial charge on any atom is 0.0517 e. The van der Waals surface area contributed by atoms with E-state index in [9.17, 15) is 0 Å². The lowest BCUT2D eigenvalue weighted by Crippen LogP contribution is -2.54. The summed E-state index contributed by atoms with van der Waals surface area (Å²) in [7, 11) is 0. The molecule has 4 heterocycles. The van der Waals surface area contributed by atoms with E-state index in [2.05, 4.69) is 378 Å². The SMILES string of the molecule is CC12CCCCC1(C)N(c1ccccc1)c1ccc(-c3ccc4c5c(-c6ccccc6)c6c7ccc(-c8ccc9c(c8)C8(C)CCCCC8(C)N9c8ccccc8)c8c(-c9ccc%10c(c9)C9(C)CCCCC9(C)N%10c9ccccc9)ccc(c6c(-c6ccccc6)c5c5ccc(-c6ccc9c(c6)C6(C)CCCCC6(C)N9c6ccccc6)c3c45)c87)cc12. The summed E-state index contributed by atoms with van der Waals surface area (Å²) < 4.78 is 0. The fourth-order valence-electron chi connectivity index (χ4n) is 27.9. The van der Waals surface area contributed by atoms with Crippen molar-refractivity contribution in [3.05, 3.63) is 326 Å². The predicted octanol–water partition coefficient (Wildman–Crippen LogP) is 32.5. The molecule has 4 nitrogen and oxygen atoms in total. The highest BCUT2D eigenvalue weighted by Crippen LogP contribution is 2.68. The minimum Gasteiger partial charge on any atom is -0.334 e. The number of hydrogen-bond donors (Lipinski definition) is 0. The van der Waals surface area contributed by atoms with Gasteiger partial charge in [0.05, 0.1) is 22.2 Å². The Bertz CT molecular complexity index is 6370. The number of para-hydroxylation sites is 4. The van der Waals surface area contributed by atoms with Gasteiger partial charge in [-0.3, -0.25) is 0 Å². The Morgan fingerprint density at radius 2 is 0.402 bits per heavy atom. The summed E-state index contributed by atoms with van der Waals surface area (Å²) >= 11 is 0. The van der Waals surface area contributed by atoms with Crippen molar-refractivity contribution in [3.63, 3.8) is 0 Å². The van der Waals surface area contributed by atoms with Crippen LogP contribution in [0.15, 0.2) is 303 Å². The standard InChI is InChI=1S/C118H106N4/c1-111-63-27-31-67-115(111,5)119(81-39-19-11-20-40-81)97-59-47-77(71-93(97)111)85-51-55-89-105-90(56-52-86(103(85)105)78-48-60-98-94(72-78)112(2)64-28-32-68-116(112,6)120(98)82-41-21-12-22-42-82)108-102(76-37-17-10-18-38-76)110-92-58-54-88(80-50-62-100-96(74-80)114(4)66-30-34-70-118(114,8)122(100)84-45-25-14-26-46-84)104-87(53-57-91(106(92)104)109(110)101(107(89)108)75-35-15-9-16-36-75)79-49-61-99-95(73-79)113(3)65-29-33-69-117(113,7)121(99)83-43-23-13-24-44-83/h9-26,35-62,71-74H,27-34,63-70H2,1-8H3. The fraction of sp³-hybridized carbons (Fsp3) is 0.271. The number of anilines is 8. The van der Waals surface area contributed by atoms with Crippen molar-refractivity contribution < 1.29 is 0 Å². The molecule has 598 valence electrons. The van der Waals surface area contributed by atoms with Gasteiger partial charge < -0.3 is 19.6 Å². The average Bonchev–Trinajstić information content (AvgIpc) is 1.49. The summed E-state index contributed by atoms with van der Waals surface area (Å²) in [4.78, 5) is 11.0. The van der Waals surface area contributed by atoms with Gasteiger partial charge in [-0.15, -0.1) is 0 Å². The molecule has 17 aromatic carbocycles. The van der Waals surface area contributed by atoms with E-state index >= 15 is 0 Å². The molecule has 0 saturated heterocycles. The minimum atomic E-state index is -0.0936. The Balaban J connectivity index is 0.795. The van der Waals surface area contributed by atoms with Crippen LogP contribution in [0.5, 0.6) is 0 Å². The number of benzene rings is 15. The molecule has 0 aromatic heterocycles. The van der Waals surface area contributed by atoms with Crippen LogP contribution in [0, 0.1) is 0 Å². The zero-order valence-corrected chi connectivity index (χ0v) is 72.0. The van der Waals surface area contributed by atoms with E-state index in [1.165, 1.54) is 251 Å². The molecule has 122 heavy (non-hydrogen) atoms. The molecule has 0 spiro atoms. The highest BCUT2D eigenvalue weighted by molar-refractivity contribution is 6.48. The molecule has 8 aliphatic rings. The van der Waals surface area contributed by atoms with Crippen molar-refractivity contribution in [1.29, 1.82) is 0 Å². The first-order valence-electron chi connectivity index (χ1n) is 46.1. The normalized spacial score (nSPS) is 25.7. The van der Waals surface area contributed by atoms with Crippen molar-refractivity contribution in [2.24, 2.45) is 0 Å². The highest BCUT2D eigenvalue weighted by atomic mass is 15.3. The van der Waals surface area contributed by atoms with Gasteiger partial charge in [-0.1, -0.05) is 285 Å². The van der Waals surface area contributed by atoms with Gasteiger partial charge in [0.25, 0.3) is 0 Å². The van der Waals surface area contributed by atoms with Gasteiger partial charge in [-0.05, 0) is 330 Å². The molecule has 8 unspecified atom stereocenters. The maximum absolute atomic E-state index is 2.75. The first-order valence-corrected chi connectivity index (χ1v) is 46.1. The van der Waals surface area contributed by atoms with Gasteiger partial charge in [0, 0.05) is 67.2 Å². The molecule has 0 bridgehead atoms. The average molecular weight is 1580 g/mol. The van der Waals surface area contributed by atoms with Crippen molar-refractivity contribution in [2.45, 2.75) is 202 Å². The molecule has 0 amide bonds. The Morgan fingerprint density at radius 3 is 0.631 bits per heavy atom. The molecule has 4 fully saturated rings. The molecule has 4 aliphatic heterocycles. The molecular weight excluding hydrogens is 1470 g/mol. The zero-order chi connectivity index (χ0) is 81.8. The van der Waals surface area contributed by atoms with Crippen LogP contribution in [0.1, 0.15) is 180 Å². The fourth-order valence-corrected chi connectivity index (χ4v) is 27.9. The lowest BCUT2D eigenvalue weighted by atomic mass is 9.61. The Hall–Kier alpha value is -12.0. The van der Waals surface area contributed by atoms with E-state index in [1.54, 1.807) is 0 Å². The van der Waals surface area contributed by atoms with E-state index in [1.807, 2.05) is 0 Å². The molecule has 4 aliphatic carbocycles. The van der Waals surface area contributed by atoms with Crippen LogP contribution < -0.4 is 19.6 Å². The second-order valence-electron chi connectivity index (χ2n) is 40.0. The van der Waals surface area contributed by atoms with Gasteiger partial charge in [0.2, 0.25) is 0 Å². The molecule has 17 aromatic rings. The van der Waals surface area contributed by atoms with Crippen molar-refractivity contribution in [1.82, 2.24) is 0 Å². The lowest BCUT2D eigenvalue weighted by Gasteiger charge is -2.50. The molecule has 0 radical (unpaired) electrons. The minimum absolute atomic E-state index is 0.0778. The van der Waals surface area contributed by atoms with Crippen LogP contribution in [-0.4, -0.2) is 22.2 Å². The van der Waals surface area contributed by atoms with Crippen LogP contribution in [-0.2, 0) is 21.7 Å². The Kier molecular flexibility index (Phi) is 15.4. The van der Waals surface area contributed by atoms with E-state index in [0.717, 1.165) is 51.4 Å². The first-order chi connectivity index (χ1) is 59.5. The van der Waals surface area contributed by atoms with Gasteiger partial charge in [-0.2, -0.15) is 0 Å². The van der Waals surface area contributed by atoms with E-state index in [-0.39, 0.29) is 43.8 Å². The maximum atomic E-state index is 2.75. The molecule has 25 rings (SSSR count). The molecule has 4 saturated carbocycles. The number of nitrogens with zero attached hydrogens (tertiary/aromatic N) is 4. The third-order valence-corrected chi connectivity index (χ3v) is 34.7. The van der Waals surface area contributed by atoms with Gasteiger partial charge in [0.1, 0.15) is 0 Å². The Morgan fingerprint density at radius 1 is 0.189 bits per heavy atom. The molecule has 0 N–H and O–H groups in total. The van der Waals surface area contributed by atoms with Crippen LogP contribution >= 0.6 is 0 Å². The summed E-state index contributed by atoms with van der Waals surface area (Å²) in [6, 6.07) is 120. The van der Waals surface area contributed by atoms with E-state index < -0.39 is 0 Å². The predicted molar refractivity (Wildman–Crippen MR) is 518 cm³/mol. The second kappa shape index (κ2) is 25.8. The smallest absolute Gasteiger partial charge is 0.0517 e. The van der Waals surface area contributed by atoms with Crippen molar-refractivity contribution in [3.8, 4) is 66.8 Å². The summed E-state index contributed by atoms with van der Waals surface area (Å²) in [5, 5.41) is 15.9. The lowest BCUT2D eigenvalue weighted by molar-refractivity contribution is 0.195. The molecule has 8 atom stereocenters. The van der Waals surface area contributed by atoms with Crippen LogP contribution in [0.25, 0.3) is 131 Å². The largest absolute Gasteiger partial charge is 0.334 e. The summed E-state index contributed by atoms with van der Waals surface area (Å²) in [6.07, 6.45) is 19.0. The topological polar surface area (TPSA) is 13.0 Å². The quantitative estimate of drug-likeness (QED) is 0.135. The van der Waals surface area contributed by atoms with Gasteiger partial charge in [0.15, 0.2) is 0 Å². The van der Waals surface area contributed by atoms with Crippen molar-refractivity contribution in [2.75, 3.05) is 19.6 Å². The van der Waals surface area contributed by atoms with Crippen molar-refractivity contribution >= 4 is 110 Å². The highest BCUT2D eigenvalue weighted by Gasteiger charge is 2.62. The third-order valence-electron chi connectivity index (χ3n) is 34.7. The van der Waals surface area contributed by atoms with Gasteiger partial charge >= 0.3 is 0 Å². The summed E-state index contributed by atoms with van der Waals surface area (Å²) in [5.41, 5.74) is 31.2. The third kappa shape index (κ3) is 9.34. The second-order valence-corrected chi connectivity index (χ2v) is 40.0. The zero-order valence-electron chi connectivity index (χ0n) is 72.0. The monoisotopic (exact) mass is 1580 g/mol. The number of fused-ring (bicyclic) bond motifs is 18. The summed E-state index contributed by atoms with van der Waals surface area (Å²) in [6.45, 7) is 20.8. The number of rotatable bonds is 10. The first kappa shape index (κ1) is 72.8. The van der Waals surface area contributed by atoms with E-state index in [4.69, 9.17) is 0 Å². The summed E-state index contributed by atoms with van der Waals surface area (Å²) in [5.74, 6) is 0. The molecular formula is C118H106N4. The van der Waals surface area contributed by atoms with Crippen LogP contribution in [0.2, 0.25) is 0 Å². The Labute approximate surface area is 719 Å². The molecule has 4 heteroatoms.